The van der Waals surface area contributed by atoms with E-state index < -0.39 is 5.60 Å². The molecule has 1 aliphatic heterocycles. The Labute approximate surface area is 194 Å². The summed E-state index contributed by atoms with van der Waals surface area (Å²) >= 11 is 1.19. The van der Waals surface area contributed by atoms with Crippen molar-refractivity contribution in [3.05, 3.63) is 28.3 Å². The number of hydrogen-bond donors (Lipinski definition) is 3. The minimum absolute atomic E-state index is 0. The normalized spacial score (nSPS) is 18.5. The lowest BCUT2D eigenvalue weighted by Gasteiger charge is -2.47. The standard InChI is InChI=1S/C21H30N6O2S.H2S/c1-21(2,28)15-11-27(12-15)26(3)30-29-20-23-19(24-25-20)22-18-16-8-4-6-13(16)10-14-7-5-9-17(14)18;/h10,15,28H,4-9,11-12H2,1-3H3,(H2,22,23,24,25);1H2. The predicted molar refractivity (Wildman–Crippen MR) is 128 cm³/mol. The molecule has 31 heavy (non-hydrogen) atoms. The molecular weight excluding hydrogens is 432 g/mol. The van der Waals surface area contributed by atoms with E-state index in [9.17, 15) is 5.11 Å². The average Bonchev–Trinajstić information content (AvgIpc) is 3.37. The number of nitrogens with one attached hydrogen (secondary N) is 2. The van der Waals surface area contributed by atoms with Gasteiger partial charge < -0.3 is 14.6 Å². The number of H-pyrrole nitrogens is 1. The number of aromatic amines is 1. The Balaban J connectivity index is 0.00000231. The van der Waals surface area contributed by atoms with Crippen LogP contribution in [0.25, 0.3) is 0 Å². The van der Waals surface area contributed by atoms with Crippen molar-refractivity contribution in [2.45, 2.75) is 58.0 Å². The molecule has 1 aromatic heterocycles. The molecule has 10 heteroatoms. The van der Waals surface area contributed by atoms with E-state index in [-0.39, 0.29) is 19.4 Å². The van der Waals surface area contributed by atoms with E-state index in [1.54, 1.807) is 0 Å². The molecule has 2 aromatic rings. The summed E-state index contributed by atoms with van der Waals surface area (Å²) in [4.78, 5) is 4.48. The van der Waals surface area contributed by atoms with Crippen LogP contribution >= 0.6 is 25.7 Å². The van der Waals surface area contributed by atoms with Gasteiger partial charge in [0.05, 0.1) is 5.60 Å². The highest BCUT2D eigenvalue weighted by Crippen LogP contribution is 2.39. The molecular formula is C21H32N6O2S2. The second-order valence-corrected chi connectivity index (χ2v) is 10.0. The van der Waals surface area contributed by atoms with Gasteiger partial charge >= 0.3 is 6.01 Å². The zero-order valence-corrected chi connectivity index (χ0v) is 20.2. The number of aryl methyl sites for hydroxylation is 2. The molecule has 0 unspecified atom stereocenters. The molecule has 170 valence electrons. The predicted octanol–water partition coefficient (Wildman–Crippen LogP) is 3.13. The number of hydrazine groups is 1. The van der Waals surface area contributed by atoms with Gasteiger partial charge in [0.15, 0.2) is 12.2 Å². The van der Waals surface area contributed by atoms with E-state index in [0.29, 0.717) is 12.0 Å². The summed E-state index contributed by atoms with van der Waals surface area (Å²) in [5.74, 6) is 0.892. The summed E-state index contributed by atoms with van der Waals surface area (Å²) in [6, 6.07) is 2.73. The molecule has 3 N–H and O–H groups in total. The molecule has 0 saturated carbocycles. The van der Waals surface area contributed by atoms with Gasteiger partial charge in [-0.1, -0.05) is 6.07 Å². The summed E-state index contributed by atoms with van der Waals surface area (Å²) in [5, 5.41) is 22.9. The zero-order chi connectivity index (χ0) is 20.9. The first-order valence-corrected chi connectivity index (χ1v) is 11.5. The van der Waals surface area contributed by atoms with Crippen molar-refractivity contribution in [1.82, 2.24) is 24.6 Å². The lowest BCUT2D eigenvalue weighted by Crippen LogP contribution is -2.59. The second kappa shape index (κ2) is 8.82. The summed E-state index contributed by atoms with van der Waals surface area (Å²) in [7, 11) is 1.94. The number of nitrogens with zero attached hydrogens (tertiary/aromatic N) is 4. The fraction of sp³-hybridized carbons (Fsp3) is 0.619. The largest absolute Gasteiger partial charge is 0.390 e. The highest BCUT2D eigenvalue weighted by molar-refractivity contribution is 7.92. The molecule has 1 saturated heterocycles. The Kier molecular flexibility index (Phi) is 6.47. The van der Waals surface area contributed by atoms with Gasteiger partial charge in [-0.05, 0) is 74.6 Å². The highest BCUT2D eigenvalue weighted by Gasteiger charge is 2.39. The maximum Gasteiger partial charge on any atom is 0.350 e. The molecule has 0 radical (unpaired) electrons. The number of anilines is 2. The summed E-state index contributed by atoms with van der Waals surface area (Å²) in [5.41, 5.74) is 6.47. The van der Waals surface area contributed by atoms with E-state index in [0.717, 1.165) is 25.9 Å². The Hall–Kier alpha value is -1.46. The van der Waals surface area contributed by atoms with Crippen molar-refractivity contribution >= 4 is 37.4 Å². The van der Waals surface area contributed by atoms with E-state index in [1.165, 1.54) is 65.9 Å². The maximum atomic E-state index is 10.1. The summed E-state index contributed by atoms with van der Waals surface area (Å²) in [6.07, 6.45) is 7.07. The quantitative estimate of drug-likeness (QED) is 0.425. The number of aromatic nitrogens is 3. The van der Waals surface area contributed by atoms with Crippen LogP contribution in [0, 0.1) is 5.92 Å². The molecule has 0 atom stereocenters. The molecule has 0 spiro atoms. The van der Waals surface area contributed by atoms with Crippen LogP contribution in [0.15, 0.2) is 6.07 Å². The van der Waals surface area contributed by atoms with Crippen LogP contribution in [0.5, 0.6) is 6.01 Å². The SMILES string of the molecule is CN(SOc1n[nH]c(Nc2c3c(cc4c2CCC4)CCC3)n1)N1CC(C(C)(C)O)C1.S. The van der Waals surface area contributed by atoms with E-state index in [4.69, 9.17) is 4.18 Å². The van der Waals surface area contributed by atoms with Crippen LogP contribution in [-0.4, -0.2) is 55.4 Å². The van der Waals surface area contributed by atoms with Crippen LogP contribution in [0.2, 0.25) is 0 Å². The molecule has 8 nitrogen and oxygen atoms in total. The molecule has 1 fully saturated rings. The zero-order valence-electron chi connectivity index (χ0n) is 18.4. The van der Waals surface area contributed by atoms with Crippen LogP contribution < -0.4 is 9.50 Å². The van der Waals surface area contributed by atoms with Crippen molar-refractivity contribution < 1.29 is 9.29 Å². The van der Waals surface area contributed by atoms with Gasteiger partial charge in [0, 0.05) is 31.7 Å². The second-order valence-electron chi connectivity index (χ2n) is 9.17. The molecule has 1 aromatic carbocycles. The first kappa shape index (κ1) is 22.7. The number of rotatable bonds is 7. The van der Waals surface area contributed by atoms with Crippen molar-refractivity contribution in [2.24, 2.45) is 5.92 Å². The van der Waals surface area contributed by atoms with Gasteiger partial charge in [-0.2, -0.15) is 22.9 Å². The fourth-order valence-corrected chi connectivity index (χ4v) is 5.17. The van der Waals surface area contributed by atoms with Gasteiger partial charge in [-0.15, -0.1) is 5.10 Å². The van der Waals surface area contributed by atoms with Crippen LogP contribution in [0.3, 0.4) is 0 Å². The highest BCUT2D eigenvalue weighted by atomic mass is 32.2. The van der Waals surface area contributed by atoms with E-state index in [2.05, 4.69) is 31.6 Å². The molecule has 3 aliphatic rings. The Bertz CT molecular complexity index is 906. The van der Waals surface area contributed by atoms with Gasteiger partial charge in [-0.3, -0.25) is 0 Å². The average molecular weight is 465 g/mol. The summed E-state index contributed by atoms with van der Waals surface area (Å²) < 4.78 is 7.61. The molecule has 2 aliphatic carbocycles. The molecule has 2 heterocycles. The Morgan fingerprint density at radius 2 is 1.84 bits per heavy atom. The first-order valence-electron chi connectivity index (χ1n) is 10.8. The van der Waals surface area contributed by atoms with Crippen molar-refractivity contribution in [2.75, 3.05) is 25.5 Å². The number of hydrogen-bond acceptors (Lipinski definition) is 8. The number of benzene rings is 1. The van der Waals surface area contributed by atoms with Gasteiger partial charge in [0.25, 0.3) is 0 Å². The fourth-order valence-electron chi connectivity index (χ4n) is 4.69. The van der Waals surface area contributed by atoms with Gasteiger partial charge in [-0.25, -0.2) is 10.1 Å². The number of aliphatic hydroxyl groups is 1. The maximum absolute atomic E-state index is 10.1. The summed E-state index contributed by atoms with van der Waals surface area (Å²) in [6.45, 7) is 5.33. The van der Waals surface area contributed by atoms with E-state index >= 15 is 0 Å². The third-order valence-corrected chi connectivity index (χ3v) is 7.33. The topological polar surface area (TPSA) is 89.5 Å². The van der Waals surface area contributed by atoms with Crippen LogP contribution in [0.4, 0.5) is 11.6 Å². The first-order chi connectivity index (χ1) is 14.4. The van der Waals surface area contributed by atoms with Crippen LogP contribution in [0.1, 0.15) is 48.9 Å². The molecule has 5 rings (SSSR count). The third-order valence-electron chi connectivity index (χ3n) is 6.66. The van der Waals surface area contributed by atoms with Gasteiger partial charge in [0.1, 0.15) is 0 Å². The number of fused-ring (bicyclic) bond motifs is 2. The molecule has 0 amide bonds. The van der Waals surface area contributed by atoms with Crippen molar-refractivity contribution in [3.8, 4) is 6.01 Å². The minimum Gasteiger partial charge on any atom is -0.390 e. The third kappa shape index (κ3) is 4.54. The molecule has 0 bridgehead atoms. The lowest BCUT2D eigenvalue weighted by molar-refractivity contribution is -0.112. The van der Waals surface area contributed by atoms with Crippen molar-refractivity contribution in [3.63, 3.8) is 0 Å². The Morgan fingerprint density at radius 3 is 2.45 bits per heavy atom. The smallest absolute Gasteiger partial charge is 0.350 e. The van der Waals surface area contributed by atoms with Crippen molar-refractivity contribution in [1.29, 1.82) is 0 Å². The van der Waals surface area contributed by atoms with Crippen LogP contribution in [-0.2, 0) is 25.7 Å². The lowest BCUT2D eigenvalue weighted by atomic mass is 9.86. The van der Waals surface area contributed by atoms with Gasteiger partial charge in [0.2, 0.25) is 5.95 Å². The monoisotopic (exact) mass is 464 g/mol. The Morgan fingerprint density at radius 1 is 1.19 bits per heavy atom. The minimum atomic E-state index is -0.648. The van der Waals surface area contributed by atoms with E-state index in [1.807, 2.05) is 25.3 Å².